The van der Waals surface area contributed by atoms with Crippen LogP contribution in [0.5, 0.6) is 0 Å². The van der Waals surface area contributed by atoms with Gasteiger partial charge in [-0.15, -0.1) is 0 Å². The van der Waals surface area contributed by atoms with Crippen molar-refractivity contribution < 1.29 is 15.3 Å². The lowest BCUT2D eigenvalue weighted by atomic mass is 9.45. The van der Waals surface area contributed by atoms with Crippen LogP contribution in [0.3, 0.4) is 0 Å². The van der Waals surface area contributed by atoms with Gasteiger partial charge in [-0.3, -0.25) is 0 Å². The molecule has 136 valence electrons. The van der Waals surface area contributed by atoms with Gasteiger partial charge in [0.2, 0.25) is 0 Å². The zero-order valence-corrected chi connectivity index (χ0v) is 15.3. The predicted octanol–water partition coefficient (Wildman–Crippen LogP) is 3.98. The highest BCUT2D eigenvalue weighted by Gasteiger charge is 2.58. The zero-order valence-electron chi connectivity index (χ0n) is 15.3. The molecule has 4 aliphatic rings. The van der Waals surface area contributed by atoms with Crippen LogP contribution in [0.15, 0.2) is 11.6 Å². The number of hydrogen-bond donors (Lipinski definition) is 3. The van der Waals surface area contributed by atoms with E-state index in [1.807, 2.05) is 0 Å². The SMILES string of the molecule is C[C@]12CCCCC1CC[C@@H]1[C@@H]2CC[C@]2(C)C(CC(O)(O)O)=CC[C@@H]12. The lowest BCUT2D eigenvalue weighted by Gasteiger charge is -2.60. The Labute approximate surface area is 146 Å². The Balaban J connectivity index is 1.58. The fourth-order valence-corrected chi connectivity index (χ4v) is 7.48. The average molecular weight is 334 g/mol. The van der Waals surface area contributed by atoms with Crippen LogP contribution in [0.1, 0.15) is 78.1 Å². The number of rotatable bonds is 2. The van der Waals surface area contributed by atoms with Crippen molar-refractivity contribution >= 4 is 0 Å². The molecule has 0 aromatic rings. The Hall–Kier alpha value is -0.380. The van der Waals surface area contributed by atoms with Crippen molar-refractivity contribution in [3.8, 4) is 0 Å². The summed E-state index contributed by atoms with van der Waals surface area (Å²) in [5.74, 6) is 0.638. The van der Waals surface area contributed by atoms with Gasteiger partial charge in [0.05, 0.1) is 6.42 Å². The molecule has 3 N–H and O–H groups in total. The van der Waals surface area contributed by atoms with Gasteiger partial charge in [0.25, 0.3) is 5.97 Å². The van der Waals surface area contributed by atoms with Gasteiger partial charge >= 0.3 is 0 Å². The molecular weight excluding hydrogens is 300 g/mol. The molecule has 0 aliphatic heterocycles. The molecule has 0 aromatic heterocycles. The first-order valence-corrected chi connectivity index (χ1v) is 10.1. The third-order valence-corrected chi connectivity index (χ3v) is 8.75. The van der Waals surface area contributed by atoms with Crippen LogP contribution >= 0.6 is 0 Å². The van der Waals surface area contributed by atoms with Crippen LogP contribution in [0.25, 0.3) is 0 Å². The highest BCUT2D eigenvalue weighted by atomic mass is 16.7. The molecule has 0 saturated heterocycles. The quantitative estimate of drug-likeness (QED) is 0.529. The molecule has 0 amide bonds. The maximum absolute atomic E-state index is 9.48. The second-order valence-corrected chi connectivity index (χ2v) is 9.78. The summed E-state index contributed by atoms with van der Waals surface area (Å²) < 4.78 is 0. The lowest BCUT2D eigenvalue weighted by Crippen LogP contribution is -2.52. The smallest absolute Gasteiger partial charge is 0.279 e. The normalized spacial score (nSPS) is 48.3. The molecule has 4 rings (SSSR count). The summed E-state index contributed by atoms with van der Waals surface area (Å²) in [6, 6.07) is 0. The first kappa shape index (κ1) is 17.1. The first-order chi connectivity index (χ1) is 11.2. The zero-order chi connectivity index (χ0) is 17.2. The predicted molar refractivity (Wildman–Crippen MR) is 93.8 cm³/mol. The van der Waals surface area contributed by atoms with Crippen LogP contribution in [-0.4, -0.2) is 21.3 Å². The molecule has 3 fully saturated rings. The second kappa shape index (κ2) is 5.56. The number of allylic oxidation sites excluding steroid dienone is 1. The maximum atomic E-state index is 9.48. The van der Waals surface area contributed by atoms with Crippen molar-refractivity contribution in [2.45, 2.75) is 84.0 Å². The van der Waals surface area contributed by atoms with Gasteiger partial charge in [0.15, 0.2) is 0 Å². The van der Waals surface area contributed by atoms with Gasteiger partial charge in [-0.1, -0.05) is 38.3 Å². The minimum atomic E-state index is -2.56. The average Bonchev–Trinajstić information content (AvgIpc) is 2.82. The van der Waals surface area contributed by atoms with E-state index in [9.17, 15) is 15.3 Å². The molecule has 1 unspecified atom stereocenters. The highest BCUT2D eigenvalue weighted by Crippen LogP contribution is 2.66. The summed E-state index contributed by atoms with van der Waals surface area (Å²) in [7, 11) is 0. The van der Waals surface area contributed by atoms with Crippen LogP contribution in [0, 0.1) is 34.5 Å². The topological polar surface area (TPSA) is 60.7 Å². The molecular formula is C21H34O3. The van der Waals surface area contributed by atoms with Gasteiger partial charge in [-0.25, -0.2) is 0 Å². The van der Waals surface area contributed by atoms with E-state index in [4.69, 9.17) is 0 Å². The molecule has 3 nitrogen and oxygen atoms in total. The Morgan fingerprint density at radius 3 is 2.54 bits per heavy atom. The Morgan fingerprint density at radius 2 is 1.79 bits per heavy atom. The highest BCUT2D eigenvalue weighted by molar-refractivity contribution is 5.26. The monoisotopic (exact) mass is 334 g/mol. The number of fused-ring (bicyclic) bond motifs is 5. The van der Waals surface area contributed by atoms with E-state index in [2.05, 4.69) is 19.9 Å². The summed E-state index contributed by atoms with van der Waals surface area (Å²) in [5, 5.41) is 28.4. The second-order valence-electron chi connectivity index (χ2n) is 9.78. The van der Waals surface area contributed by atoms with Crippen molar-refractivity contribution in [1.82, 2.24) is 0 Å². The van der Waals surface area contributed by atoms with E-state index >= 15 is 0 Å². The molecule has 0 radical (unpaired) electrons. The Morgan fingerprint density at radius 1 is 1.00 bits per heavy atom. The molecule has 0 bridgehead atoms. The van der Waals surface area contributed by atoms with Crippen molar-refractivity contribution in [3.63, 3.8) is 0 Å². The van der Waals surface area contributed by atoms with Gasteiger partial charge in [-0.05, 0) is 79.4 Å². The molecule has 0 spiro atoms. The van der Waals surface area contributed by atoms with E-state index in [-0.39, 0.29) is 11.8 Å². The summed E-state index contributed by atoms with van der Waals surface area (Å²) in [4.78, 5) is 0. The van der Waals surface area contributed by atoms with Crippen molar-refractivity contribution in [1.29, 1.82) is 0 Å². The summed E-state index contributed by atoms with van der Waals surface area (Å²) in [6.45, 7) is 4.90. The molecule has 0 heterocycles. The first-order valence-electron chi connectivity index (χ1n) is 10.1. The van der Waals surface area contributed by atoms with Crippen LogP contribution in [0.2, 0.25) is 0 Å². The van der Waals surface area contributed by atoms with E-state index in [1.54, 1.807) is 0 Å². The largest absolute Gasteiger partial charge is 0.343 e. The van der Waals surface area contributed by atoms with E-state index in [1.165, 1.54) is 44.9 Å². The minimum Gasteiger partial charge on any atom is -0.343 e. The van der Waals surface area contributed by atoms with Gasteiger partial charge in [0, 0.05) is 0 Å². The standard InChI is InChI=1S/C21H34O3/c1-19-11-4-3-5-14(19)6-8-16-17-9-7-15(13-21(22,23)24)20(17,2)12-10-18(16)19/h7,14,16-18,22-24H,3-6,8-13H2,1-2H3/t14?,16-,17-,18-,19-,20+/m0/s1. The summed E-state index contributed by atoms with van der Waals surface area (Å²) >= 11 is 0. The third kappa shape index (κ3) is 2.50. The van der Waals surface area contributed by atoms with Crippen LogP contribution in [-0.2, 0) is 0 Å². The van der Waals surface area contributed by atoms with Crippen LogP contribution < -0.4 is 0 Å². The molecule has 6 atom stereocenters. The van der Waals surface area contributed by atoms with Crippen molar-refractivity contribution in [3.05, 3.63) is 11.6 Å². The van der Waals surface area contributed by atoms with E-state index in [0.29, 0.717) is 11.3 Å². The fourth-order valence-electron chi connectivity index (χ4n) is 7.48. The maximum Gasteiger partial charge on any atom is 0.279 e. The molecule has 24 heavy (non-hydrogen) atoms. The van der Waals surface area contributed by atoms with E-state index < -0.39 is 5.97 Å². The molecule has 0 aromatic carbocycles. The fraction of sp³-hybridized carbons (Fsp3) is 0.905. The Bertz CT molecular complexity index is 534. The third-order valence-electron chi connectivity index (χ3n) is 8.75. The molecule has 3 heteroatoms. The van der Waals surface area contributed by atoms with Crippen molar-refractivity contribution in [2.24, 2.45) is 34.5 Å². The van der Waals surface area contributed by atoms with Gasteiger partial charge in [0.1, 0.15) is 0 Å². The van der Waals surface area contributed by atoms with E-state index in [0.717, 1.165) is 36.2 Å². The number of aliphatic hydroxyl groups is 3. The van der Waals surface area contributed by atoms with Gasteiger partial charge < -0.3 is 15.3 Å². The van der Waals surface area contributed by atoms with Gasteiger partial charge in [-0.2, -0.15) is 0 Å². The summed E-state index contributed by atoms with van der Waals surface area (Å²) in [6.07, 6.45) is 14.1. The summed E-state index contributed by atoms with van der Waals surface area (Å²) in [5.41, 5.74) is 1.67. The minimum absolute atomic E-state index is 0.0166. The molecule has 3 saturated carbocycles. The molecule has 4 aliphatic carbocycles. The van der Waals surface area contributed by atoms with Crippen LogP contribution in [0.4, 0.5) is 0 Å². The Kier molecular flexibility index (Phi) is 3.95. The lowest BCUT2D eigenvalue weighted by molar-refractivity contribution is -0.311. The van der Waals surface area contributed by atoms with Crippen molar-refractivity contribution in [2.75, 3.05) is 0 Å². The number of hydrogen-bond acceptors (Lipinski definition) is 3.